The van der Waals surface area contributed by atoms with Gasteiger partial charge in [-0.2, -0.15) is 8.42 Å². The lowest BCUT2D eigenvalue weighted by Gasteiger charge is -1.97. The normalized spacial score (nSPS) is 11.5. The van der Waals surface area contributed by atoms with Gasteiger partial charge in [0.15, 0.2) is 0 Å². The van der Waals surface area contributed by atoms with Crippen molar-refractivity contribution in [3.8, 4) is 0 Å². The molecule has 0 aromatic heterocycles. The van der Waals surface area contributed by atoms with Crippen LogP contribution in [0.4, 0.5) is 8.28 Å². The van der Waals surface area contributed by atoms with Crippen LogP contribution in [0.2, 0.25) is 0 Å². The van der Waals surface area contributed by atoms with Crippen LogP contribution < -0.4 is 0 Å². The Kier molecular flexibility index (Phi) is 2.42. The fourth-order valence-electron chi connectivity index (χ4n) is 0.801. The Bertz CT molecular complexity index is 373. The lowest BCUT2D eigenvalue weighted by atomic mass is 10.2. The molecule has 0 saturated carbocycles. The Balaban J connectivity index is 2.98. The summed E-state index contributed by atoms with van der Waals surface area (Å²) in [6.07, 6.45) is 0. The number of halogens is 2. The van der Waals surface area contributed by atoms with Gasteiger partial charge in [-0.05, 0) is 6.07 Å². The summed E-state index contributed by atoms with van der Waals surface area (Å²) in [5, 5.41) is 0. The fraction of sp³-hybridized carbons (Fsp3) is 0.143. The second kappa shape index (κ2) is 3.18. The first kappa shape index (κ1) is 9.12. The van der Waals surface area contributed by atoms with Crippen LogP contribution in [0.25, 0.3) is 0 Å². The minimum atomic E-state index is -4.64. The van der Waals surface area contributed by atoms with E-state index in [9.17, 15) is 16.7 Å². The Hall–Kier alpha value is -0.970. The van der Waals surface area contributed by atoms with Gasteiger partial charge in [0.05, 0.1) is 0 Å². The maximum atomic E-state index is 12.7. The minimum absolute atomic E-state index is 0.153. The van der Waals surface area contributed by atoms with Gasteiger partial charge in [-0.25, -0.2) is 4.39 Å². The van der Waals surface area contributed by atoms with Crippen LogP contribution in [-0.4, -0.2) is 8.42 Å². The van der Waals surface area contributed by atoms with E-state index in [1.807, 2.05) is 0 Å². The van der Waals surface area contributed by atoms with Gasteiger partial charge in [0.1, 0.15) is 11.6 Å². The van der Waals surface area contributed by atoms with Crippen LogP contribution >= 0.6 is 0 Å². The maximum Gasteiger partial charge on any atom is 0.306 e. The van der Waals surface area contributed by atoms with E-state index in [0.29, 0.717) is 0 Å². The molecule has 0 amide bonds. The molecule has 0 unspecified atom stereocenters. The monoisotopic (exact) mass is 192 g/mol. The lowest BCUT2D eigenvalue weighted by molar-refractivity contribution is 0.547. The third-order valence-corrected chi connectivity index (χ3v) is 1.94. The third-order valence-electron chi connectivity index (χ3n) is 1.29. The zero-order chi connectivity index (χ0) is 9.19. The summed E-state index contributed by atoms with van der Waals surface area (Å²) in [6.45, 7) is 0. The first-order valence-electron chi connectivity index (χ1n) is 3.15. The van der Waals surface area contributed by atoms with Gasteiger partial charge < -0.3 is 0 Å². The Morgan fingerprint density at radius 2 is 1.83 bits per heavy atom. The Morgan fingerprint density at radius 1 is 1.25 bits per heavy atom. The van der Waals surface area contributed by atoms with E-state index >= 15 is 0 Å². The first-order chi connectivity index (χ1) is 5.49. The fourth-order valence-corrected chi connectivity index (χ4v) is 1.41. The SMILES string of the molecule is O=S(=O)(F)Cc1ccccc1F. The summed E-state index contributed by atoms with van der Waals surface area (Å²) in [7, 11) is -4.64. The molecule has 66 valence electrons. The minimum Gasteiger partial charge on any atom is -0.207 e. The molecule has 2 nitrogen and oxygen atoms in total. The highest BCUT2D eigenvalue weighted by atomic mass is 32.3. The predicted octanol–water partition coefficient (Wildman–Crippen LogP) is 1.63. The van der Waals surface area contributed by atoms with Crippen LogP contribution in [0.5, 0.6) is 0 Å². The largest absolute Gasteiger partial charge is 0.306 e. The summed E-state index contributed by atoms with van der Waals surface area (Å²) in [6, 6.07) is 5.17. The molecule has 0 saturated heterocycles. The summed E-state index contributed by atoms with van der Waals surface area (Å²) >= 11 is 0. The molecule has 0 N–H and O–H groups in total. The third kappa shape index (κ3) is 2.58. The molecule has 0 aliphatic rings. The molecule has 5 heteroatoms. The Morgan fingerprint density at radius 3 is 2.33 bits per heavy atom. The van der Waals surface area contributed by atoms with Crippen molar-refractivity contribution in [3.05, 3.63) is 35.6 Å². The summed E-state index contributed by atoms with van der Waals surface area (Å²) in [5.74, 6) is -1.61. The average molecular weight is 192 g/mol. The first-order valence-corrected chi connectivity index (χ1v) is 4.70. The summed E-state index contributed by atoms with van der Waals surface area (Å²) < 4.78 is 45.0. The number of hydrogen-bond donors (Lipinski definition) is 0. The highest BCUT2D eigenvalue weighted by Crippen LogP contribution is 2.11. The predicted molar refractivity (Wildman–Crippen MR) is 40.1 cm³/mol. The van der Waals surface area contributed by atoms with E-state index in [0.717, 1.165) is 6.07 Å². The molecule has 0 heterocycles. The number of benzene rings is 1. The van der Waals surface area contributed by atoms with Crippen molar-refractivity contribution < 1.29 is 16.7 Å². The van der Waals surface area contributed by atoms with Crippen molar-refractivity contribution in [3.63, 3.8) is 0 Å². The molecule has 0 radical (unpaired) electrons. The van der Waals surface area contributed by atoms with Gasteiger partial charge in [-0.3, -0.25) is 0 Å². The molecule has 0 atom stereocenters. The van der Waals surface area contributed by atoms with Crippen molar-refractivity contribution in [2.24, 2.45) is 0 Å². The molecular formula is C7H6F2O2S. The van der Waals surface area contributed by atoms with Crippen molar-refractivity contribution in [2.45, 2.75) is 5.75 Å². The van der Waals surface area contributed by atoms with Crippen LogP contribution in [0.1, 0.15) is 5.56 Å². The molecule has 0 aliphatic carbocycles. The Labute approximate surface area is 69.0 Å². The van der Waals surface area contributed by atoms with Crippen LogP contribution in [-0.2, 0) is 16.0 Å². The molecular weight excluding hydrogens is 186 g/mol. The average Bonchev–Trinajstić information content (AvgIpc) is 1.91. The van der Waals surface area contributed by atoms with E-state index in [1.54, 1.807) is 0 Å². The van der Waals surface area contributed by atoms with E-state index in [4.69, 9.17) is 0 Å². The number of hydrogen-bond acceptors (Lipinski definition) is 2. The zero-order valence-corrected chi connectivity index (χ0v) is 6.81. The molecule has 1 rings (SSSR count). The summed E-state index contributed by atoms with van der Waals surface area (Å²) in [4.78, 5) is 0. The van der Waals surface area contributed by atoms with Crippen LogP contribution in [0.3, 0.4) is 0 Å². The molecule has 1 aromatic rings. The topological polar surface area (TPSA) is 34.1 Å². The van der Waals surface area contributed by atoms with Crippen LogP contribution in [0.15, 0.2) is 24.3 Å². The lowest BCUT2D eigenvalue weighted by Crippen LogP contribution is -1.98. The van der Waals surface area contributed by atoms with Crippen molar-refractivity contribution >= 4 is 10.2 Å². The van der Waals surface area contributed by atoms with Gasteiger partial charge in [0.25, 0.3) is 0 Å². The van der Waals surface area contributed by atoms with Crippen LogP contribution in [0, 0.1) is 5.82 Å². The highest BCUT2D eigenvalue weighted by Gasteiger charge is 2.11. The van der Waals surface area contributed by atoms with Gasteiger partial charge in [-0.15, -0.1) is 3.89 Å². The van der Waals surface area contributed by atoms with Gasteiger partial charge in [0, 0.05) is 5.56 Å². The maximum absolute atomic E-state index is 12.7. The van der Waals surface area contributed by atoms with E-state index in [2.05, 4.69) is 0 Å². The van der Waals surface area contributed by atoms with Crippen molar-refractivity contribution in [2.75, 3.05) is 0 Å². The van der Waals surface area contributed by atoms with Gasteiger partial charge >= 0.3 is 10.2 Å². The molecule has 12 heavy (non-hydrogen) atoms. The van der Waals surface area contributed by atoms with Crippen molar-refractivity contribution in [1.82, 2.24) is 0 Å². The second-order valence-electron chi connectivity index (χ2n) is 2.27. The van der Waals surface area contributed by atoms with Gasteiger partial charge in [-0.1, -0.05) is 18.2 Å². The molecule has 0 aliphatic heterocycles. The quantitative estimate of drug-likeness (QED) is 0.667. The molecule has 0 spiro atoms. The van der Waals surface area contributed by atoms with E-state index in [-0.39, 0.29) is 5.56 Å². The van der Waals surface area contributed by atoms with Crippen molar-refractivity contribution in [1.29, 1.82) is 0 Å². The smallest absolute Gasteiger partial charge is 0.207 e. The summed E-state index contributed by atoms with van der Waals surface area (Å²) in [5.41, 5.74) is -0.153. The zero-order valence-electron chi connectivity index (χ0n) is 6.00. The molecule has 1 aromatic carbocycles. The number of rotatable bonds is 2. The van der Waals surface area contributed by atoms with E-state index < -0.39 is 21.8 Å². The highest BCUT2D eigenvalue weighted by molar-refractivity contribution is 7.85. The second-order valence-corrected chi connectivity index (χ2v) is 3.64. The van der Waals surface area contributed by atoms with Gasteiger partial charge in [0.2, 0.25) is 0 Å². The standard InChI is InChI=1S/C7H6F2O2S/c8-7-4-2-1-3-6(7)5-12(9,10)11/h1-4H,5H2. The van der Waals surface area contributed by atoms with E-state index in [1.165, 1.54) is 18.2 Å². The molecule has 0 fully saturated rings. The molecule has 0 bridgehead atoms.